The Bertz CT molecular complexity index is 322. The van der Waals surface area contributed by atoms with Gasteiger partial charge in [0, 0.05) is 12.0 Å². The molecule has 0 aromatic rings. The normalized spacial score (nSPS) is 12.8. The predicted molar refractivity (Wildman–Crippen MR) is 64.2 cm³/mol. The van der Waals surface area contributed by atoms with E-state index in [9.17, 15) is 14.4 Å². The summed E-state index contributed by atoms with van der Waals surface area (Å²) in [6.45, 7) is 5.61. The summed E-state index contributed by atoms with van der Waals surface area (Å²) in [6.07, 6.45) is -0.435. The van der Waals surface area contributed by atoms with Gasteiger partial charge < -0.3 is 20.8 Å². The van der Waals surface area contributed by atoms with E-state index in [2.05, 4.69) is 10.6 Å². The summed E-state index contributed by atoms with van der Waals surface area (Å²) >= 11 is 0. The Hall–Kier alpha value is -1.63. The number of hydrogen-bond acceptors (Lipinski definition) is 4. The molecule has 1 unspecified atom stereocenters. The fourth-order valence-corrected chi connectivity index (χ4v) is 1.12. The second kappa shape index (κ2) is 6.95. The van der Waals surface area contributed by atoms with Gasteiger partial charge in [0.25, 0.3) is 0 Å². The molecule has 0 saturated heterocycles. The van der Waals surface area contributed by atoms with Crippen LogP contribution in [0.15, 0.2) is 0 Å². The molecule has 0 radical (unpaired) electrons. The topological polar surface area (TPSA) is 116 Å². The average Bonchev–Trinajstić information content (AvgIpc) is 2.19. The Balaban J connectivity index is 4.20. The third-order valence-electron chi connectivity index (χ3n) is 2.06. The average molecular weight is 260 g/mol. The molecule has 7 nitrogen and oxygen atoms in total. The summed E-state index contributed by atoms with van der Waals surface area (Å²) in [5, 5.41) is 22.5. The van der Waals surface area contributed by atoms with Crippen LogP contribution in [0.2, 0.25) is 0 Å². The largest absolute Gasteiger partial charge is 0.481 e. The maximum Gasteiger partial charge on any atom is 0.326 e. The zero-order valence-corrected chi connectivity index (χ0v) is 10.8. The quantitative estimate of drug-likeness (QED) is 0.504. The van der Waals surface area contributed by atoms with Gasteiger partial charge in [0.2, 0.25) is 5.91 Å². The van der Waals surface area contributed by atoms with Crippen molar-refractivity contribution < 1.29 is 24.6 Å². The number of carbonyl (C=O) groups is 3. The van der Waals surface area contributed by atoms with Crippen molar-refractivity contribution in [1.82, 2.24) is 10.6 Å². The summed E-state index contributed by atoms with van der Waals surface area (Å²) in [5.41, 5.74) is -0.253. The lowest BCUT2D eigenvalue weighted by molar-refractivity contribution is -0.143. The predicted octanol–water partition coefficient (Wildman–Crippen LogP) is -0.191. The third kappa shape index (κ3) is 8.51. The monoisotopic (exact) mass is 260 g/mol. The number of hydrogen-bond donors (Lipinski definition) is 4. The molecule has 0 fully saturated rings. The fourth-order valence-electron chi connectivity index (χ4n) is 1.12. The van der Waals surface area contributed by atoms with Gasteiger partial charge in [0.05, 0.1) is 6.54 Å². The van der Waals surface area contributed by atoms with Crippen LogP contribution >= 0.6 is 0 Å². The maximum absolute atomic E-state index is 11.5. The summed E-state index contributed by atoms with van der Waals surface area (Å²) in [6, 6.07) is -1.17. The van der Waals surface area contributed by atoms with Crippen molar-refractivity contribution in [3.05, 3.63) is 0 Å². The second-order valence-corrected chi connectivity index (χ2v) is 4.99. The van der Waals surface area contributed by atoms with Crippen molar-refractivity contribution in [2.75, 3.05) is 6.54 Å². The highest BCUT2D eigenvalue weighted by atomic mass is 16.4. The number of aliphatic carboxylic acids is 2. The van der Waals surface area contributed by atoms with Gasteiger partial charge in [-0.15, -0.1) is 0 Å². The highest BCUT2D eigenvalue weighted by Crippen LogP contribution is 1.99. The van der Waals surface area contributed by atoms with Crippen molar-refractivity contribution in [3.63, 3.8) is 0 Å². The van der Waals surface area contributed by atoms with E-state index in [0.717, 1.165) is 0 Å². The number of carboxylic acid groups (broad SMARTS) is 2. The first kappa shape index (κ1) is 16.4. The molecule has 0 aromatic heterocycles. The van der Waals surface area contributed by atoms with Gasteiger partial charge in [-0.25, -0.2) is 4.79 Å². The van der Waals surface area contributed by atoms with E-state index in [1.54, 1.807) is 0 Å². The fraction of sp³-hybridized carbons (Fsp3) is 0.727. The van der Waals surface area contributed by atoms with Gasteiger partial charge in [0.1, 0.15) is 6.04 Å². The van der Waals surface area contributed by atoms with Crippen molar-refractivity contribution in [2.24, 2.45) is 0 Å². The lowest BCUT2D eigenvalue weighted by atomic mass is 10.1. The highest BCUT2D eigenvalue weighted by molar-refractivity contribution is 5.85. The van der Waals surface area contributed by atoms with Crippen LogP contribution in [0.3, 0.4) is 0 Å². The second-order valence-electron chi connectivity index (χ2n) is 4.99. The number of carbonyl (C=O) groups excluding carboxylic acids is 1. The summed E-state index contributed by atoms with van der Waals surface area (Å²) in [7, 11) is 0. The molecule has 0 aromatic carbocycles. The smallest absolute Gasteiger partial charge is 0.326 e. The first-order valence-electron chi connectivity index (χ1n) is 5.61. The van der Waals surface area contributed by atoms with E-state index in [4.69, 9.17) is 10.2 Å². The number of amides is 1. The zero-order valence-electron chi connectivity index (χ0n) is 10.8. The number of nitrogens with one attached hydrogen (secondary N) is 2. The van der Waals surface area contributed by atoms with Crippen LogP contribution in [0.1, 0.15) is 33.6 Å². The number of rotatable bonds is 7. The molecule has 0 bridgehead atoms. The van der Waals surface area contributed by atoms with Crippen LogP contribution in [0, 0.1) is 0 Å². The van der Waals surface area contributed by atoms with E-state index in [0.29, 0.717) is 0 Å². The van der Waals surface area contributed by atoms with Crippen LogP contribution < -0.4 is 10.6 Å². The molecule has 7 heteroatoms. The van der Waals surface area contributed by atoms with Crippen LogP contribution in [0.4, 0.5) is 0 Å². The summed E-state index contributed by atoms with van der Waals surface area (Å²) < 4.78 is 0. The molecule has 0 spiro atoms. The minimum Gasteiger partial charge on any atom is -0.481 e. The molecule has 0 aliphatic heterocycles. The molecule has 0 rings (SSSR count). The van der Waals surface area contributed by atoms with Crippen LogP contribution in [0.5, 0.6) is 0 Å². The SMILES string of the molecule is CC(C)(C)NCC(=O)NC(CCC(=O)O)C(=O)O. The van der Waals surface area contributed by atoms with Crippen molar-refractivity contribution >= 4 is 17.8 Å². The summed E-state index contributed by atoms with van der Waals surface area (Å²) in [5.74, 6) is -2.80. The zero-order chi connectivity index (χ0) is 14.3. The Morgan fingerprint density at radius 2 is 1.72 bits per heavy atom. The summed E-state index contributed by atoms with van der Waals surface area (Å²) in [4.78, 5) is 32.6. The molecular weight excluding hydrogens is 240 g/mol. The van der Waals surface area contributed by atoms with Crippen LogP contribution in [-0.4, -0.2) is 46.2 Å². The first-order valence-corrected chi connectivity index (χ1v) is 5.61. The van der Waals surface area contributed by atoms with E-state index in [1.807, 2.05) is 20.8 Å². The van der Waals surface area contributed by atoms with Gasteiger partial charge >= 0.3 is 11.9 Å². The Morgan fingerprint density at radius 3 is 2.11 bits per heavy atom. The van der Waals surface area contributed by atoms with E-state index in [1.165, 1.54) is 0 Å². The first-order chi connectivity index (χ1) is 8.11. The molecule has 104 valence electrons. The van der Waals surface area contributed by atoms with Gasteiger partial charge in [-0.2, -0.15) is 0 Å². The molecule has 18 heavy (non-hydrogen) atoms. The number of carboxylic acids is 2. The molecular formula is C11H20N2O5. The maximum atomic E-state index is 11.5. The Labute approximate surface area is 106 Å². The third-order valence-corrected chi connectivity index (χ3v) is 2.06. The van der Waals surface area contributed by atoms with Crippen LogP contribution in [-0.2, 0) is 14.4 Å². The van der Waals surface area contributed by atoms with E-state index in [-0.39, 0.29) is 24.9 Å². The van der Waals surface area contributed by atoms with Gasteiger partial charge in [-0.3, -0.25) is 9.59 Å². The van der Waals surface area contributed by atoms with E-state index >= 15 is 0 Å². The lowest BCUT2D eigenvalue weighted by Gasteiger charge is -2.21. The lowest BCUT2D eigenvalue weighted by Crippen LogP contribution is -2.48. The van der Waals surface area contributed by atoms with E-state index < -0.39 is 23.9 Å². The molecule has 0 aliphatic rings. The van der Waals surface area contributed by atoms with Crippen molar-refractivity contribution in [3.8, 4) is 0 Å². The minimum atomic E-state index is -1.24. The molecule has 1 amide bonds. The molecule has 1 atom stereocenters. The van der Waals surface area contributed by atoms with Gasteiger partial charge in [-0.1, -0.05) is 0 Å². The Morgan fingerprint density at radius 1 is 1.17 bits per heavy atom. The van der Waals surface area contributed by atoms with Crippen LogP contribution in [0.25, 0.3) is 0 Å². The van der Waals surface area contributed by atoms with Crippen molar-refractivity contribution in [1.29, 1.82) is 0 Å². The van der Waals surface area contributed by atoms with Crippen molar-refractivity contribution in [2.45, 2.75) is 45.2 Å². The molecule has 0 heterocycles. The Kier molecular flexibility index (Phi) is 6.32. The standard InChI is InChI=1S/C11H20N2O5/c1-11(2,3)12-6-8(14)13-7(10(17)18)4-5-9(15)16/h7,12H,4-6H2,1-3H3,(H,13,14)(H,15,16)(H,17,18). The van der Waals surface area contributed by atoms with Gasteiger partial charge in [0.15, 0.2) is 0 Å². The highest BCUT2D eigenvalue weighted by Gasteiger charge is 2.21. The molecule has 4 N–H and O–H groups in total. The molecule has 0 aliphatic carbocycles. The minimum absolute atomic E-state index is 0.0135. The van der Waals surface area contributed by atoms with Gasteiger partial charge in [-0.05, 0) is 27.2 Å². The molecule has 0 saturated carbocycles.